The van der Waals surface area contributed by atoms with E-state index in [-0.39, 0.29) is 18.9 Å². The van der Waals surface area contributed by atoms with Gasteiger partial charge >= 0.3 is 5.97 Å². The number of aliphatic carboxylic acids is 1. The predicted molar refractivity (Wildman–Crippen MR) is 150 cm³/mol. The Hall–Kier alpha value is -3.39. The molecule has 3 aromatic carbocycles. The number of aryl methyl sites for hydroxylation is 1. The highest BCUT2D eigenvalue weighted by atomic mass is 35.5. The number of hydrogen-bond donors (Lipinski definition) is 2. The second-order valence-electron chi connectivity index (χ2n) is 8.58. The normalized spacial score (nSPS) is 10.8. The van der Waals surface area contributed by atoms with E-state index in [4.69, 9.17) is 33.3 Å². The van der Waals surface area contributed by atoms with Crippen LogP contribution in [-0.4, -0.2) is 28.5 Å². The van der Waals surface area contributed by atoms with Gasteiger partial charge in [-0.3, -0.25) is 9.59 Å². The number of nitrogens with one attached hydrogen (secondary N) is 1. The maximum Gasteiger partial charge on any atom is 0.305 e. The molecule has 0 radical (unpaired) electrons. The summed E-state index contributed by atoms with van der Waals surface area (Å²) in [4.78, 5) is 30.0. The molecule has 0 aliphatic rings. The van der Waals surface area contributed by atoms with Crippen LogP contribution in [0.25, 0.3) is 11.3 Å². The van der Waals surface area contributed by atoms with Crippen molar-refractivity contribution in [2.75, 3.05) is 11.4 Å². The number of aromatic nitrogens is 1. The summed E-state index contributed by atoms with van der Waals surface area (Å²) in [5.74, 6) is -1.26. The smallest absolute Gasteiger partial charge is 0.305 e. The first-order chi connectivity index (χ1) is 17.8. The van der Waals surface area contributed by atoms with Crippen LogP contribution in [0.15, 0.2) is 72.1 Å². The standard InChI is InChI=1S/C28H25Cl2N3O3S/c1-18-2-7-21(8-3-18)25-17-37-28(32-25)33(16-20-6-11-23(29)24(30)14-20)15-19-4-9-22(10-5-19)27(36)31-13-12-26(34)35/h2-11,14,17H,12-13,15-16H2,1H3,(H,31,36)(H,34,35). The van der Waals surface area contributed by atoms with Crippen LogP contribution in [-0.2, 0) is 17.9 Å². The van der Waals surface area contributed by atoms with Crippen molar-refractivity contribution in [3.63, 3.8) is 0 Å². The van der Waals surface area contributed by atoms with Gasteiger partial charge in [-0.25, -0.2) is 4.98 Å². The highest BCUT2D eigenvalue weighted by Gasteiger charge is 2.15. The lowest BCUT2D eigenvalue weighted by molar-refractivity contribution is -0.136. The first kappa shape index (κ1) is 26.7. The van der Waals surface area contributed by atoms with Crippen molar-refractivity contribution in [2.24, 2.45) is 0 Å². The number of anilines is 1. The minimum absolute atomic E-state index is 0.0840. The van der Waals surface area contributed by atoms with Crippen LogP contribution < -0.4 is 10.2 Å². The van der Waals surface area contributed by atoms with Gasteiger partial charge in [0.15, 0.2) is 5.13 Å². The van der Waals surface area contributed by atoms with Crippen molar-refractivity contribution in [1.82, 2.24) is 10.3 Å². The highest BCUT2D eigenvalue weighted by molar-refractivity contribution is 7.14. The molecule has 1 heterocycles. The number of halogens is 2. The maximum absolute atomic E-state index is 12.3. The lowest BCUT2D eigenvalue weighted by atomic mass is 10.1. The van der Waals surface area contributed by atoms with Crippen LogP contribution in [0.3, 0.4) is 0 Å². The Bertz CT molecular complexity index is 1390. The van der Waals surface area contributed by atoms with Crippen molar-refractivity contribution in [3.05, 3.63) is 104 Å². The summed E-state index contributed by atoms with van der Waals surface area (Å²) < 4.78 is 0. The topological polar surface area (TPSA) is 82.5 Å². The fourth-order valence-electron chi connectivity index (χ4n) is 3.68. The quantitative estimate of drug-likeness (QED) is 0.224. The van der Waals surface area contributed by atoms with Crippen molar-refractivity contribution < 1.29 is 14.7 Å². The van der Waals surface area contributed by atoms with Crippen molar-refractivity contribution >= 4 is 51.5 Å². The first-order valence-corrected chi connectivity index (χ1v) is 13.2. The maximum atomic E-state index is 12.3. The molecule has 1 aromatic heterocycles. The van der Waals surface area contributed by atoms with E-state index in [0.717, 1.165) is 27.5 Å². The molecule has 4 rings (SSSR count). The summed E-state index contributed by atoms with van der Waals surface area (Å²) in [5.41, 5.74) is 5.62. The summed E-state index contributed by atoms with van der Waals surface area (Å²) >= 11 is 13.9. The number of carbonyl (C=O) groups excluding carboxylic acids is 1. The van der Waals surface area contributed by atoms with Gasteiger partial charge in [-0.2, -0.15) is 0 Å². The van der Waals surface area contributed by atoms with Gasteiger partial charge in [0.2, 0.25) is 0 Å². The van der Waals surface area contributed by atoms with Gasteiger partial charge in [0, 0.05) is 36.1 Å². The number of carbonyl (C=O) groups is 2. The van der Waals surface area contributed by atoms with Gasteiger partial charge in [-0.1, -0.05) is 71.2 Å². The number of hydrogen-bond acceptors (Lipinski definition) is 5. The van der Waals surface area contributed by atoms with Crippen LogP contribution in [0.2, 0.25) is 10.0 Å². The van der Waals surface area contributed by atoms with E-state index >= 15 is 0 Å². The lowest BCUT2D eigenvalue weighted by Gasteiger charge is -2.22. The Morgan fingerprint density at radius 1 is 0.946 bits per heavy atom. The number of amides is 1. The zero-order valence-corrected chi connectivity index (χ0v) is 22.4. The van der Waals surface area contributed by atoms with Gasteiger partial charge in [-0.05, 0) is 42.3 Å². The van der Waals surface area contributed by atoms with E-state index in [0.29, 0.717) is 28.7 Å². The third kappa shape index (κ3) is 7.32. The molecule has 0 spiro atoms. The van der Waals surface area contributed by atoms with E-state index in [1.54, 1.807) is 29.5 Å². The van der Waals surface area contributed by atoms with Gasteiger partial charge in [-0.15, -0.1) is 11.3 Å². The number of nitrogens with zero attached hydrogens (tertiary/aromatic N) is 2. The number of rotatable bonds is 10. The molecule has 4 aromatic rings. The number of benzene rings is 3. The minimum atomic E-state index is -0.953. The third-order valence-electron chi connectivity index (χ3n) is 5.68. The van der Waals surface area contributed by atoms with E-state index in [1.165, 1.54) is 5.56 Å². The zero-order valence-electron chi connectivity index (χ0n) is 20.1. The zero-order chi connectivity index (χ0) is 26.4. The molecule has 0 fully saturated rings. The summed E-state index contributed by atoms with van der Waals surface area (Å²) in [5, 5.41) is 15.3. The van der Waals surface area contributed by atoms with Gasteiger partial charge in [0.1, 0.15) is 0 Å². The molecule has 0 bridgehead atoms. The fourth-order valence-corrected chi connectivity index (χ4v) is 4.84. The monoisotopic (exact) mass is 553 g/mol. The van der Waals surface area contributed by atoms with Crippen molar-refractivity contribution in [1.29, 1.82) is 0 Å². The van der Waals surface area contributed by atoms with E-state index in [1.807, 2.05) is 29.6 Å². The molecule has 0 aliphatic carbocycles. The van der Waals surface area contributed by atoms with Crippen LogP contribution in [0.4, 0.5) is 5.13 Å². The molecule has 0 atom stereocenters. The van der Waals surface area contributed by atoms with E-state index < -0.39 is 5.97 Å². The Labute approximate surface area is 229 Å². The summed E-state index contributed by atoms with van der Waals surface area (Å²) in [6.45, 7) is 3.26. The van der Waals surface area contributed by atoms with Gasteiger partial charge in [0.05, 0.1) is 22.2 Å². The summed E-state index contributed by atoms with van der Waals surface area (Å²) in [6, 6.07) is 21.1. The summed E-state index contributed by atoms with van der Waals surface area (Å²) in [6.07, 6.45) is -0.119. The second-order valence-corrected chi connectivity index (χ2v) is 10.2. The SMILES string of the molecule is Cc1ccc(-c2csc(N(Cc3ccc(C(=O)NCCC(=O)O)cc3)Cc3ccc(Cl)c(Cl)c3)n2)cc1. The molecular weight excluding hydrogens is 529 g/mol. The lowest BCUT2D eigenvalue weighted by Crippen LogP contribution is -2.26. The Morgan fingerprint density at radius 3 is 2.30 bits per heavy atom. The molecule has 0 aliphatic heterocycles. The van der Waals surface area contributed by atoms with Crippen molar-refractivity contribution in [3.8, 4) is 11.3 Å². The number of carboxylic acid groups (broad SMARTS) is 1. The first-order valence-electron chi connectivity index (χ1n) is 11.6. The van der Waals surface area contributed by atoms with Crippen LogP contribution in [0, 0.1) is 6.92 Å². The Morgan fingerprint density at radius 2 is 1.62 bits per heavy atom. The van der Waals surface area contributed by atoms with Crippen LogP contribution in [0.1, 0.15) is 33.5 Å². The fraction of sp³-hybridized carbons (Fsp3) is 0.179. The van der Waals surface area contributed by atoms with Crippen LogP contribution >= 0.6 is 34.5 Å². The molecular formula is C28H25Cl2N3O3S. The average Bonchev–Trinajstić information content (AvgIpc) is 3.37. The Balaban J connectivity index is 1.54. The third-order valence-corrected chi connectivity index (χ3v) is 7.32. The molecule has 0 unspecified atom stereocenters. The number of carboxylic acids is 1. The van der Waals surface area contributed by atoms with Crippen LogP contribution in [0.5, 0.6) is 0 Å². The van der Waals surface area contributed by atoms with Gasteiger partial charge < -0.3 is 15.3 Å². The van der Waals surface area contributed by atoms with E-state index in [2.05, 4.69) is 41.4 Å². The van der Waals surface area contributed by atoms with Gasteiger partial charge in [0.25, 0.3) is 5.91 Å². The average molecular weight is 554 g/mol. The predicted octanol–water partition coefficient (Wildman–Crippen LogP) is 6.84. The molecule has 1 amide bonds. The molecule has 2 N–H and O–H groups in total. The largest absolute Gasteiger partial charge is 0.481 e. The molecule has 9 heteroatoms. The number of thiazole rings is 1. The van der Waals surface area contributed by atoms with Crippen molar-refractivity contribution in [2.45, 2.75) is 26.4 Å². The van der Waals surface area contributed by atoms with E-state index in [9.17, 15) is 9.59 Å². The minimum Gasteiger partial charge on any atom is -0.481 e. The molecule has 0 saturated heterocycles. The summed E-state index contributed by atoms with van der Waals surface area (Å²) in [7, 11) is 0. The Kier molecular flexibility index (Phi) is 8.82. The molecule has 37 heavy (non-hydrogen) atoms. The second kappa shape index (κ2) is 12.2. The molecule has 0 saturated carbocycles. The molecule has 190 valence electrons. The molecule has 6 nitrogen and oxygen atoms in total. The highest BCUT2D eigenvalue weighted by Crippen LogP contribution is 2.31.